The fourth-order valence-electron chi connectivity index (χ4n) is 1.97. The van der Waals surface area contributed by atoms with E-state index in [0.29, 0.717) is 17.0 Å². The highest BCUT2D eigenvalue weighted by Gasteiger charge is 2.26. The molecule has 102 valence electrons. The van der Waals surface area contributed by atoms with Gasteiger partial charge in [0.1, 0.15) is 5.82 Å². The van der Waals surface area contributed by atoms with Crippen LogP contribution in [-0.2, 0) is 5.60 Å². The Morgan fingerprint density at radius 3 is 2.44 bits per heavy atom. The van der Waals surface area contributed by atoms with Crippen molar-refractivity contribution in [3.63, 3.8) is 0 Å². The third-order valence-corrected chi connectivity index (χ3v) is 3.71. The van der Waals surface area contributed by atoms with E-state index in [2.05, 4.69) is 6.92 Å². The number of halogens is 3. The molecule has 0 heterocycles. The molecule has 0 bridgehead atoms. The Bertz CT molecular complexity index is 405. The minimum absolute atomic E-state index is 0.0227. The molecular formula is C14H19Cl2FO. The second-order valence-electron chi connectivity index (χ2n) is 4.83. The van der Waals surface area contributed by atoms with Crippen molar-refractivity contribution in [1.29, 1.82) is 0 Å². The fraction of sp³-hybridized carbons (Fsp3) is 0.571. The number of unbranched alkanes of at least 4 members (excludes halogenated alkanes) is 3. The van der Waals surface area contributed by atoms with Crippen LogP contribution in [0, 0.1) is 5.82 Å². The molecule has 1 rings (SSSR count). The molecule has 1 aromatic rings. The molecule has 0 amide bonds. The third kappa shape index (κ3) is 4.11. The van der Waals surface area contributed by atoms with Crippen molar-refractivity contribution in [3.8, 4) is 0 Å². The van der Waals surface area contributed by atoms with Crippen LogP contribution in [0.4, 0.5) is 4.39 Å². The minimum atomic E-state index is -1.11. The van der Waals surface area contributed by atoms with Crippen LogP contribution in [0.1, 0.15) is 51.5 Å². The molecule has 1 unspecified atom stereocenters. The van der Waals surface area contributed by atoms with Gasteiger partial charge in [0.25, 0.3) is 0 Å². The second-order valence-corrected chi connectivity index (χ2v) is 5.65. The summed E-state index contributed by atoms with van der Waals surface area (Å²) in [6.07, 6.45) is 4.78. The molecule has 0 aliphatic rings. The molecule has 0 saturated heterocycles. The average Bonchev–Trinajstić information content (AvgIpc) is 2.29. The molecule has 4 heteroatoms. The second kappa shape index (κ2) is 6.74. The van der Waals surface area contributed by atoms with Gasteiger partial charge in [0.05, 0.1) is 10.6 Å². The van der Waals surface area contributed by atoms with E-state index >= 15 is 0 Å². The highest BCUT2D eigenvalue weighted by molar-refractivity contribution is 6.35. The maximum atomic E-state index is 13.4. The zero-order valence-electron chi connectivity index (χ0n) is 10.8. The Labute approximate surface area is 118 Å². The van der Waals surface area contributed by atoms with Crippen molar-refractivity contribution < 1.29 is 9.50 Å². The largest absolute Gasteiger partial charge is 0.385 e. The first kappa shape index (κ1) is 15.7. The lowest BCUT2D eigenvalue weighted by molar-refractivity contribution is 0.0446. The molecule has 0 aliphatic heterocycles. The molecule has 0 spiro atoms. The van der Waals surface area contributed by atoms with E-state index in [-0.39, 0.29) is 5.02 Å². The summed E-state index contributed by atoms with van der Waals surface area (Å²) >= 11 is 11.7. The summed E-state index contributed by atoms with van der Waals surface area (Å²) in [7, 11) is 0. The molecule has 0 aromatic heterocycles. The zero-order valence-corrected chi connectivity index (χ0v) is 12.3. The first-order chi connectivity index (χ1) is 8.38. The van der Waals surface area contributed by atoms with E-state index in [1.165, 1.54) is 12.1 Å². The molecule has 1 atom stereocenters. The molecule has 1 N–H and O–H groups in total. The normalized spacial score (nSPS) is 14.6. The quantitative estimate of drug-likeness (QED) is 0.556. The minimum Gasteiger partial charge on any atom is -0.385 e. The Hall–Kier alpha value is -0.310. The van der Waals surface area contributed by atoms with Gasteiger partial charge in [0.2, 0.25) is 0 Å². The standard InChI is InChI=1S/C14H19Cl2FO/c1-3-4-5-6-7-14(2,18)10-8-13(17)12(16)9-11(10)15/h8-9,18H,3-7H2,1-2H3. The summed E-state index contributed by atoms with van der Waals surface area (Å²) in [6, 6.07) is 2.57. The van der Waals surface area contributed by atoms with Crippen LogP contribution >= 0.6 is 23.2 Å². The van der Waals surface area contributed by atoms with Crippen molar-refractivity contribution in [2.24, 2.45) is 0 Å². The number of aliphatic hydroxyl groups is 1. The Balaban J connectivity index is 2.80. The van der Waals surface area contributed by atoms with Gasteiger partial charge in [0.15, 0.2) is 0 Å². The maximum absolute atomic E-state index is 13.4. The summed E-state index contributed by atoms with van der Waals surface area (Å²) in [5.41, 5.74) is -0.710. The average molecular weight is 293 g/mol. The molecule has 0 fully saturated rings. The molecule has 0 aliphatic carbocycles. The van der Waals surface area contributed by atoms with Crippen LogP contribution in [0.2, 0.25) is 10.0 Å². The van der Waals surface area contributed by atoms with Gasteiger partial charge in [-0.1, -0.05) is 55.8 Å². The first-order valence-electron chi connectivity index (χ1n) is 6.26. The summed E-state index contributed by atoms with van der Waals surface area (Å²) in [4.78, 5) is 0. The zero-order chi connectivity index (χ0) is 13.8. The highest BCUT2D eigenvalue weighted by atomic mass is 35.5. The summed E-state index contributed by atoms with van der Waals surface area (Å²) in [5, 5.41) is 10.7. The van der Waals surface area contributed by atoms with Crippen molar-refractivity contribution in [3.05, 3.63) is 33.6 Å². The fourth-order valence-corrected chi connectivity index (χ4v) is 2.55. The predicted molar refractivity (Wildman–Crippen MR) is 74.7 cm³/mol. The topological polar surface area (TPSA) is 20.2 Å². The first-order valence-corrected chi connectivity index (χ1v) is 7.01. The summed E-state index contributed by atoms with van der Waals surface area (Å²) in [6.45, 7) is 3.79. The molecule has 0 saturated carbocycles. The van der Waals surface area contributed by atoms with E-state index in [1.54, 1.807) is 6.92 Å². The van der Waals surface area contributed by atoms with Crippen molar-refractivity contribution in [2.45, 2.75) is 51.6 Å². The van der Waals surface area contributed by atoms with E-state index in [1.807, 2.05) is 0 Å². The van der Waals surface area contributed by atoms with Crippen LogP contribution in [0.5, 0.6) is 0 Å². The van der Waals surface area contributed by atoms with Crippen LogP contribution in [0.25, 0.3) is 0 Å². The molecule has 1 nitrogen and oxygen atoms in total. The lowest BCUT2D eigenvalue weighted by Crippen LogP contribution is -2.21. The predicted octanol–water partition coefficient (Wildman–Crippen LogP) is 5.31. The Kier molecular flexibility index (Phi) is 5.90. The van der Waals surface area contributed by atoms with Crippen LogP contribution < -0.4 is 0 Å². The van der Waals surface area contributed by atoms with Crippen molar-refractivity contribution >= 4 is 23.2 Å². The number of hydrogen-bond donors (Lipinski definition) is 1. The number of hydrogen-bond acceptors (Lipinski definition) is 1. The van der Waals surface area contributed by atoms with Crippen molar-refractivity contribution in [2.75, 3.05) is 0 Å². The molecule has 1 aromatic carbocycles. The van der Waals surface area contributed by atoms with Crippen LogP contribution in [0.15, 0.2) is 12.1 Å². The van der Waals surface area contributed by atoms with Gasteiger partial charge in [-0.15, -0.1) is 0 Å². The molecule has 18 heavy (non-hydrogen) atoms. The lowest BCUT2D eigenvalue weighted by Gasteiger charge is -2.25. The van der Waals surface area contributed by atoms with Gasteiger partial charge in [-0.05, 0) is 25.5 Å². The van der Waals surface area contributed by atoms with Gasteiger partial charge >= 0.3 is 0 Å². The number of benzene rings is 1. The maximum Gasteiger partial charge on any atom is 0.142 e. The Morgan fingerprint density at radius 1 is 1.17 bits per heavy atom. The van der Waals surface area contributed by atoms with E-state index in [0.717, 1.165) is 25.7 Å². The summed E-state index contributed by atoms with van der Waals surface area (Å²) in [5.74, 6) is -0.551. The molecular weight excluding hydrogens is 274 g/mol. The third-order valence-electron chi connectivity index (χ3n) is 3.11. The van der Waals surface area contributed by atoms with Crippen molar-refractivity contribution in [1.82, 2.24) is 0 Å². The van der Waals surface area contributed by atoms with Gasteiger partial charge in [-0.3, -0.25) is 0 Å². The van der Waals surface area contributed by atoms with Gasteiger partial charge in [0, 0.05) is 10.6 Å². The lowest BCUT2D eigenvalue weighted by atomic mass is 9.90. The molecule has 0 radical (unpaired) electrons. The highest BCUT2D eigenvalue weighted by Crippen LogP contribution is 2.35. The van der Waals surface area contributed by atoms with Crippen LogP contribution in [0.3, 0.4) is 0 Å². The van der Waals surface area contributed by atoms with Gasteiger partial charge in [-0.2, -0.15) is 0 Å². The Morgan fingerprint density at radius 2 is 1.83 bits per heavy atom. The SMILES string of the molecule is CCCCCCC(C)(O)c1cc(F)c(Cl)cc1Cl. The van der Waals surface area contributed by atoms with Crippen LogP contribution in [-0.4, -0.2) is 5.11 Å². The summed E-state index contributed by atoms with van der Waals surface area (Å²) < 4.78 is 13.4. The van der Waals surface area contributed by atoms with E-state index in [4.69, 9.17) is 23.2 Å². The van der Waals surface area contributed by atoms with Gasteiger partial charge in [-0.25, -0.2) is 4.39 Å². The number of rotatable bonds is 6. The van der Waals surface area contributed by atoms with E-state index < -0.39 is 11.4 Å². The monoisotopic (exact) mass is 292 g/mol. The van der Waals surface area contributed by atoms with E-state index in [9.17, 15) is 9.50 Å². The smallest absolute Gasteiger partial charge is 0.142 e. The van der Waals surface area contributed by atoms with Gasteiger partial charge < -0.3 is 5.11 Å².